The van der Waals surface area contributed by atoms with Gasteiger partial charge in [-0.05, 0) is 77.7 Å². The normalized spacial score (nSPS) is 20.5. The molecular formula is C17H35N3O. The molecule has 1 rings (SSSR count). The zero-order chi connectivity index (χ0) is 15.5. The van der Waals surface area contributed by atoms with E-state index in [2.05, 4.69) is 36.3 Å². The maximum absolute atomic E-state index is 12.0. The van der Waals surface area contributed by atoms with Crippen LogP contribution in [0.2, 0.25) is 0 Å². The van der Waals surface area contributed by atoms with Gasteiger partial charge in [0.05, 0.1) is 0 Å². The summed E-state index contributed by atoms with van der Waals surface area (Å²) >= 11 is 0. The molecule has 1 saturated heterocycles. The van der Waals surface area contributed by atoms with Crippen molar-refractivity contribution in [1.82, 2.24) is 15.5 Å². The van der Waals surface area contributed by atoms with Gasteiger partial charge in [0, 0.05) is 12.5 Å². The van der Waals surface area contributed by atoms with Gasteiger partial charge in [-0.15, -0.1) is 0 Å². The Kier molecular flexibility index (Phi) is 9.68. The van der Waals surface area contributed by atoms with E-state index < -0.39 is 0 Å². The van der Waals surface area contributed by atoms with Crippen LogP contribution in [0.1, 0.15) is 59.3 Å². The minimum absolute atomic E-state index is 0.232. The number of carbonyl (C=O) groups is 1. The van der Waals surface area contributed by atoms with Crippen molar-refractivity contribution in [2.24, 2.45) is 5.92 Å². The summed E-state index contributed by atoms with van der Waals surface area (Å²) in [4.78, 5) is 14.4. The zero-order valence-corrected chi connectivity index (χ0v) is 14.3. The number of nitrogens with one attached hydrogen (secondary N) is 2. The quantitative estimate of drug-likeness (QED) is 0.651. The lowest BCUT2D eigenvalue weighted by Gasteiger charge is -2.23. The summed E-state index contributed by atoms with van der Waals surface area (Å²) in [5.74, 6) is 0.929. The highest BCUT2D eigenvalue weighted by Gasteiger charge is 2.15. The van der Waals surface area contributed by atoms with Crippen LogP contribution < -0.4 is 10.6 Å². The van der Waals surface area contributed by atoms with Crippen LogP contribution in [0.4, 0.5) is 0 Å². The summed E-state index contributed by atoms with van der Waals surface area (Å²) in [6, 6.07) is 0.303. The molecule has 0 radical (unpaired) electrons. The van der Waals surface area contributed by atoms with Crippen LogP contribution in [0.5, 0.6) is 0 Å². The molecule has 0 bridgehead atoms. The van der Waals surface area contributed by atoms with Crippen molar-refractivity contribution in [2.75, 3.05) is 32.7 Å². The summed E-state index contributed by atoms with van der Waals surface area (Å²) in [6.07, 6.45) is 6.49. The Bertz CT molecular complexity index is 273. The number of nitrogens with zero attached hydrogens (tertiary/aromatic N) is 1. The summed E-state index contributed by atoms with van der Waals surface area (Å²) in [5, 5.41) is 6.56. The second-order valence-corrected chi connectivity index (χ2v) is 6.39. The van der Waals surface area contributed by atoms with E-state index in [0.717, 1.165) is 52.0 Å². The lowest BCUT2D eigenvalue weighted by atomic mass is 9.94. The first kappa shape index (κ1) is 18.4. The Morgan fingerprint density at radius 3 is 2.76 bits per heavy atom. The summed E-state index contributed by atoms with van der Waals surface area (Å²) in [5.41, 5.74) is 0. The third-order valence-corrected chi connectivity index (χ3v) is 4.59. The molecule has 4 nitrogen and oxygen atoms in total. The Balaban J connectivity index is 2.06. The maximum Gasteiger partial charge on any atom is 0.220 e. The fourth-order valence-electron chi connectivity index (χ4n) is 3.09. The molecule has 0 spiro atoms. The second kappa shape index (κ2) is 11.0. The maximum atomic E-state index is 12.0. The molecule has 1 aliphatic rings. The molecule has 0 aromatic carbocycles. The number of hydrogen-bond acceptors (Lipinski definition) is 3. The highest BCUT2D eigenvalue weighted by Crippen LogP contribution is 2.15. The average Bonchev–Trinajstić information content (AvgIpc) is 2.50. The summed E-state index contributed by atoms with van der Waals surface area (Å²) in [7, 11) is 0. The fraction of sp³-hybridized carbons (Fsp3) is 0.941. The van der Waals surface area contributed by atoms with Crippen molar-refractivity contribution in [3.63, 3.8) is 0 Å². The molecule has 1 fully saturated rings. The van der Waals surface area contributed by atoms with E-state index >= 15 is 0 Å². The van der Waals surface area contributed by atoms with E-state index in [4.69, 9.17) is 0 Å². The van der Waals surface area contributed by atoms with Gasteiger partial charge in [-0.3, -0.25) is 4.79 Å². The van der Waals surface area contributed by atoms with E-state index in [1.165, 1.54) is 12.8 Å². The van der Waals surface area contributed by atoms with Crippen molar-refractivity contribution in [3.05, 3.63) is 0 Å². The number of piperidine rings is 1. The average molecular weight is 297 g/mol. The van der Waals surface area contributed by atoms with Gasteiger partial charge >= 0.3 is 0 Å². The third-order valence-electron chi connectivity index (χ3n) is 4.59. The largest absolute Gasteiger partial charge is 0.354 e. The van der Waals surface area contributed by atoms with Crippen molar-refractivity contribution in [1.29, 1.82) is 0 Å². The zero-order valence-electron chi connectivity index (χ0n) is 14.3. The minimum atomic E-state index is 0.232. The molecule has 0 saturated carbocycles. The van der Waals surface area contributed by atoms with Crippen LogP contribution in [0.3, 0.4) is 0 Å². The van der Waals surface area contributed by atoms with Gasteiger partial charge < -0.3 is 15.5 Å². The smallest absolute Gasteiger partial charge is 0.220 e. The fourth-order valence-corrected chi connectivity index (χ4v) is 3.09. The summed E-state index contributed by atoms with van der Waals surface area (Å²) < 4.78 is 0. The van der Waals surface area contributed by atoms with Gasteiger partial charge in [-0.25, -0.2) is 0 Å². The summed E-state index contributed by atoms with van der Waals surface area (Å²) in [6.45, 7) is 12.1. The van der Waals surface area contributed by atoms with Gasteiger partial charge in [0.25, 0.3) is 0 Å². The third kappa shape index (κ3) is 8.42. The van der Waals surface area contributed by atoms with E-state index in [1.807, 2.05) is 0 Å². The Labute approximate surface area is 131 Å². The first-order valence-corrected chi connectivity index (χ1v) is 8.88. The molecule has 21 heavy (non-hydrogen) atoms. The van der Waals surface area contributed by atoms with Crippen LogP contribution in [0.15, 0.2) is 0 Å². The molecule has 0 aromatic rings. The van der Waals surface area contributed by atoms with Gasteiger partial charge in [0.15, 0.2) is 0 Å². The molecule has 124 valence electrons. The predicted molar refractivity (Wildman–Crippen MR) is 89.5 cm³/mol. The molecule has 1 aliphatic heterocycles. The molecule has 0 aromatic heterocycles. The van der Waals surface area contributed by atoms with Gasteiger partial charge in [0.2, 0.25) is 5.91 Å². The molecular weight excluding hydrogens is 262 g/mol. The topological polar surface area (TPSA) is 44.4 Å². The van der Waals surface area contributed by atoms with Crippen LogP contribution >= 0.6 is 0 Å². The molecule has 4 heteroatoms. The number of rotatable bonds is 10. The first-order chi connectivity index (χ1) is 10.2. The van der Waals surface area contributed by atoms with E-state index in [0.29, 0.717) is 18.4 Å². The van der Waals surface area contributed by atoms with Gasteiger partial charge in [0.1, 0.15) is 0 Å². The first-order valence-electron chi connectivity index (χ1n) is 8.88. The van der Waals surface area contributed by atoms with E-state index in [-0.39, 0.29) is 5.91 Å². The second-order valence-electron chi connectivity index (χ2n) is 6.39. The van der Waals surface area contributed by atoms with Crippen LogP contribution in [-0.4, -0.2) is 49.6 Å². The molecule has 1 heterocycles. The molecule has 2 atom stereocenters. The monoisotopic (exact) mass is 297 g/mol. The lowest BCUT2D eigenvalue weighted by molar-refractivity contribution is -0.122. The number of amides is 1. The highest BCUT2D eigenvalue weighted by atomic mass is 16.1. The van der Waals surface area contributed by atoms with Gasteiger partial charge in [-0.1, -0.05) is 13.8 Å². The standard InChI is InChI=1S/C17H35N3O/c1-4-20(5-2)13-7-8-15(3)19-17(21)11-10-16-9-6-12-18-14-16/h15-16,18H,4-14H2,1-3H3,(H,19,21). The molecule has 2 N–H and O–H groups in total. The van der Waals surface area contributed by atoms with Crippen LogP contribution in [0, 0.1) is 5.92 Å². The Morgan fingerprint density at radius 1 is 1.38 bits per heavy atom. The van der Waals surface area contributed by atoms with Gasteiger partial charge in [-0.2, -0.15) is 0 Å². The molecule has 2 unspecified atom stereocenters. The Morgan fingerprint density at radius 2 is 2.14 bits per heavy atom. The van der Waals surface area contributed by atoms with Crippen molar-refractivity contribution in [2.45, 2.75) is 65.3 Å². The predicted octanol–water partition coefficient (Wildman–Crippen LogP) is 2.39. The van der Waals surface area contributed by atoms with E-state index in [9.17, 15) is 4.79 Å². The SMILES string of the molecule is CCN(CC)CCCC(C)NC(=O)CCC1CCCNC1. The molecule has 0 aliphatic carbocycles. The number of carbonyl (C=O) groups excluding carboxylic acids is 1. The Hall–Kier alpha value is -0.610. The van der Waals surface area contributed by atoms with E-state index in [1.54, 1.807) is 0 Å². The van der Waals surface area contributed by atoms with Crippen LogP contribution in [0.25, 0.3) is 0 Å². The minimum Gasteiger partial charge on any atom is -0.354 e. The number of hydrogen-bond donors (Lipinski definition) is 2. The highest BCUT2D eigenvalue weighted by molar-refractivity contribution is 5.76. The van der Waals surface area contributed by atoms with Crippen molar-refractivity contribution >= 4 is 5.91 Å². The van der Waals surface area contributed by atoms with Crippen LogP contribution in [-0.2, 0) is 4.79 Å². The van der Waals surface area contributed by atoms with Crippen molar-refractivity contribution < 1.29 is 4.79 Å². The molecule has 1 amide bonds. The van der Waals surface area contributed by atoms with Crippen molar-refractivity contribution in [3.8, 4) is 0 Å². The lowest BCUT2D eigenvalue weighted by Crippen LogP contribution is -2.35.